The lowest BCUT2D eigenvalue weighted by atomic mass is 10.1. The van der Waals surface area contributed by atoms with Crippen molar-refractivity contribution in [2.75, 3.05) is 12.1 Å². The van der Waals surface area contributed by atoms with E-state index in [1.165, 1.54) is 16.9 Å². The van der Waals surface area contributed by atoms with Crippen LogP contribution >= 0.6 is 11.3 Å². The third-order valence-corrected chi connectivity index (χ3v) is 4.83. The molecule has 2 heterocycles. The van der Waals surface area contributed by atoms with Gasteiger partial charge in [0.2, 0.25) is 6.79 Å². The Bertz CT molecular complexity index is 1020. The largest absolute Gasteiger partial charge is 0.454 e. The van der Waals surface area contributed by atoms with Crippen LogP contribution in [0.3, 0.4) is 0 Å². The maximum Gasteiger partial charge on any atom is 0.231 e. The summed E-state index contributed by atoms with van der Waals surface area (Å²) >= 11 is 1.43. The zero-order valence-corrected chi connectivity index (χ0v) is 14.8. The summed E-state index contributed by atoms with van der Waals surface area (Å²) in [6.07, 6.45) is 1.69. The van der Waals surface area contributed by atoms with Crippen LogP contribution in [0.15, 0.2) is 54.0 Å². The van der Waals surface area contributed by atoms with E-state index in [4.69, 9.17) is 9.47 Å². The quantitative estimate of drug-likeness (QED) is 0.675. The molecule has 0 spiro atoms. The standard InChI is InChI=1S/C20H15N3O2S/c1-13-2-5-16(6-3-13)22-10-15(9-21)20-23-17(11-26-20)14-4-7-18-19(8-14)25-12-24-18/h2-8,10-11,22H,12H2,1H3/b15-10+. The lowest BCUT2D eigenvalue weighted by molar-refractivity contribution is 0.174. The Morgan fingerprint density at radius 2 is 2.00 bits per heavy atom. The Balaban J connectivity index is 1.56. The summed E-state index contributed by atoms with van der Waals surface area (Å²) < 4.78 is 10.7. The molecule has 6 heteroatoms. The minimum atomic E-state index is 0.243. The molecule has 26 heavy (non-hydrogen) atoms. The molecule has 2 aromatic carbocycles. The Morgan fingerprint density at radius 3 is 2.81 bits per heavy atom. The summed E-state index contributed by atoms with van der Waals surface area (Å²) in [5, 5.41) is 15.2. The van der Waals surface area contributed by atoms with E-state index in [0.29, 0.717) is 16.3 Å². The molecule has 0 saturated carbocycles. The third-order valence-electron chi connectivity index (χ3n) is 3.96. The van der Waals surface area contributed by atoms with E-state index in [0.717, 1.165) is 22.7 Å². The number of benzene rings is 2. The van der Waals surface area contributed by atoms with Crippen LogP contribution < -0.4 is 14.8 Å². The SMILES string of the molecule is Cc1ccc(N/C=C(\C#N)c2nc(-c3ccc4c(c3)OCO4)cs2)cc1. The van der Waals surface area contributed by atoms with Gasteiger partial charge < -0.3 is 14.8 Å². The van der Waals surface area contributed by atoms with Crippen molar-refractivity contribution < 1.29 is 9.47 Å². The molecule has 0 saturated heterocycles. The van der Waals surface area contributed by atoms with E-state index in [1.54, 1.807) is 6.20 Å². The first-order valence-electron chi connectivity index (χ1n) is 8.02. The van der Waals surface area contributed by atoms with Gasteiger partial charge >= 0.3 is 0 Å². The van der Waals surface area contributed by atoms with Crippen LogP contribution in [0.4, 0.5) is 5.69 Å². The van der Waals surface area contributed by atoms with Crippen LogP contribution in [0.1, 0.15) is 10.6 Å². The van der Waals surface area contributed by atoms with E-state index < -0.39 is 0 Å². The molecule has 0 atom stereocenters. The zero-order valence-electron chi connectivity index (χ0n) is 14.0. The van der Waals surface area contributed by atoms with Crippen molar-refractivity contribution in [3.8, 4) is 28.8 Å². The molecule has 1 aromatic heterocycles. The Hall–Kier alpha value is -3.30. The summed E-state index contributed by atoms with van der Waals surface area (Å²) in [5.41, 5.74) is 4.34. The van der Waals surface area contributed by atoms with Crippen molar-refractivity contribution in [2.24, 2.45) is 0 Å². The molecule has 0 unspecified atom stereocenters. The van der Waals surface area contributed by atoms with Crippen LogP contribution in [-0.4, -0.2) is 11.8 Å². The highest BCUT2D eigenvalue weighted by molar-refractivity contribution is 7.11. The molecule has 4 rings (SSSR count). The second-order valence-corrected chi connectivity index (χ2v) is 6.64. The number of fused-ring (bicyclic) bond motifs is 1. The second kappa shape index (κ2) is 6.90. The molecular weight excluding hydrogens is 346 g/mol. The Morgan fingerprint density at radius 1 is 1.19 bits per heavy atom. The molecule has 0 fully saturated rings. The minimum Gasteiger partial charge on any atom is -0.454 e. The van der Waals surface area contributed by atoms with Gasteiger partial charge in [-0.05, 0) is 37.3 Å². The summed E-state index contributed by atoms with van der Waals surface area (Å²) in [4.78, 5) is 4.59. The Labute approximate surface area is 155 Å². The van der Waals surface area contributed by atoms with E-state index in [1.807, 2.05) is 54.8 Å². The molecule has 1 aliphatic rings. The van der Waals surface area contributed by atoms with Crippen molar-refractivity contribution in [3.05, 3.63) is 64.6 Å². The monoisotopic (exact) mass is 361 g/mol. The van der Waals surface area contributed by atoms with Gasteiger partial charge in [-0.3, -0.25) is 0 Å². The van der Waals surface area contributed by atoms with Gasteiger partial charge in [0.1, 0.15) is 16.6 Å². The van der Waals surface area contributed by atoms with Crippen LogP contribution in [0.5, 0.6) is 11.5 Å². The van der Waals surface area contributed by atoms with Crippen molar-refractivity contribution >= 4 is 22.6 Å². The second-order valence-electron chi connectivity index (χ2n) is 5.79. The first-order chi connectivity index (χ1) is 12.7. The number of anilines is 1. The number of nitrogens with zero attached hydrogens (tertiary/aromatic N) is 2. The number of aryl methyl sites for hydroxylation is 1. The third kappa shape index (κ3) is 3.25. The van der Waals surface area contributed by atoms with Gasteiger partial charge in [-0.2, -0.15) is 5.26 Å². The summed E-state index contributed by atoms with van der Waals surface area (Å²) in [7, 11) is 0. The molecule has 0 amide bonds. The van der Waals surface area contributed by atoms with E-state index in [9.17, 15) is 5.26 Å². The van der Waals surface area contributed by atoms with Gasteiger partial charge in [0.05, 0.1) is 5.69 Å². The lowest BCUT2D eigenvalue weighted by Gasteiger charge is -2.02. The molecule has 0 aliphatic carbocycles. The normalized spacial score (nSPS) is 12.7. The minimum absolute atomic E-state index is 0.243. The lowest BCUT2D eigenvalue weighted by Crippen LogP contribution is -1.92. The number of hydrogen-bond acceptors (Lipinski definition) is 6. The topological polar surface area (TPSA) is 67.2 Å². The molecule has 1 aliphatic heterocycles. The molecule has 0 radical (unpaired) electrons. The average molecular weight is 361 g/mol. The Kier molecular flexibility index (Phi) is 4.30. The van der Waals surface area contributed by atoms with E-state index in [-0.39, 0.29) is 6.79 Å². The summed E-state index contributed by atoms with van der Waals surface area (Å²) in [6.45, 7) is 2.28. The fraction of sp³-hybridized carbons (Fsp3) is 0.100. The van der Waals surface area contributed by atoms with E-state index in [2.05, 4.69) is 16.4 Å². The van der Waals surface area contributed by atoms with Crippen LogP contribution in [0, 0.1) is 18.3 Å². The van der Waals surface area contributed by atoms with Crippen molar-refractivity contribution in [2.45, 2.75) is 6.92 Å². The maximum absolute atomic E-state index is 9.48. The fourth-order valence-corrected chi connectivity index (χ4v) is 3.33. The maximum atomic E-state index is 9.48. The van der Waals surface area contributed by atoms with Gasteiger partial charge in [-0.25, -0.2) is 4.98 Å². The van der Waals surface area contributed by atoms with E-state index >= 15 is 0 Å². The van der Waals surface area contributed by atoms with Crippen molar-refractivity contribution in [1.29, 1.82) is 5.26 Å². The van der Waals surface area contributed by atoms with Gasteiger partial charge in [0, 0.05) is 22.8 Å². The van der Waals surface area contributed by atoms with Crippen LogP contribution in [0.2, 0.25) is 0 Å². The van der Waals surface area contributed by atoms with Crippen LogP contribution in [0.25, 0.3) is 16.8 Å². The zero-order chi connectivity index (χ0) is 17.9. The first-order valence-corrected chi connectivity index (χ1v) is 8.90. The number of ether oxygens (including phenoxy) is 2. The van der Waals surface area contributed by atoms with Gasteiger partial charge in [-0.15, -0.1) is 11.3 Å². The van der Waals surface area contributed by atoms with Gasteiger partial charge in [-0.1, -0.05) is 17.7 Å². The number of thiazole rings is 1. The molecule has 128 valence electrons. The predicted molar refractivity (Wildman–Crippen MR) is 102 cm³/mol. The van der Waals surface area contributed by atoms with Crippen molar-refractivity contribution in [3.63, 3.8) is 0 Å². The first kappa shape index (κ1) is 16.2. The highest BCUT2D eigenvalue weighted by Gasteiger charge is 2.15. The summed E-state index contributed by atoms with van der Waals surface area (Å²) in [6, 6.07) is 15.9. The molecule has 3 aromatic rings. The predicted octanol–water partition coefficient (Wildman–Crippen LogP) is 4.82. The molecule has 1 N–H and O–H groups in total. The number of nitrogens with one attached hydrogen (secondary N) is 1. The van der Waals surface area contributed by atoms with Gasteiger partial charge in [0.25, 0.3) is 0 Å². The molecule has 0 bridgehead atoms. The number of aromatic nitrogens is 1. The highest BCUT2D eigenvalue weighted by atomic mass is 32.1. The highest BCUT2D eigenvalue weighted by Crippen LogP contribution is 2.36. The van der Waals surface area contributed by atoms with Crippen LogP contribution in [-0.2, 0) is 0 Å². The summed E-state index contributed by atoms with van der Waals surface area (Å²) in [5.74, 6) is 1.46. The fourth-order valence-electron chi connectivity index (χ4n) is 2.53. The molecule has 5 nitrogen and oxygen atoms in total. The number of allylic oxidation sites excluding steroid dienone is 1. The number of rotatable bonds is 4. The number of hydrogen-bond donors (Lipinski definition) is 1. The molecular formula is C20H15N3O2S. The average Bonchev–Trinajstić information content (AvgIpc) is 3.32. The van der Waals surface area contributed by atoms with Crippen molar-refractivity contribution in [1.82, 2.24) is 4.98 Å². The number of nitriles is 1. The smallest absolute Gasteiger partial charge is 0.231 e. The van der Waals surface area contributed by atoms with Gasteiger partial charge in [0.15, 0.2) is 11.5 Å².